The van der Waals surface area contributed by atoms with Gasteiger partial charge in [-0.2, -0.15) is 5.26 Å². The maximum atomic E-state index is 9.73. The second kappa shape index (κ2) is 7.00. The quantitative estimate of drug-likeness (QED) is 0.445. The normalized spacial score (nSPS) is 20.6. The monoisotopic (exact) mass is 414 g/mol. The lowest BCUT2D eigenvalue weighted by atomic mass is 9.83. The van der Waals surface area contributed by atoms with Crippen molar-refractivity contribution in [1.82, 2.24) is 0 Å². The molecule has 6 rings (SSSR count). The highest BCUT2D eigenvalue weighted by Gasteiger charge is 2.44. The lowest BCUT2D eigenvalue weighted by Crippen LogP contribution is -2.36. The minimum absolute atomic E-state index is 0.0701. The summed E-state index contributed by atoms with van der Waals surface area (Å²) < 4.78 is 6.72. The molecular weight excluding hydrogens is 392 g/mol. The molecule has 1 aliphatic carbocycles. The van der Waals surface area contributed by atoms with Gasteiger partial charge in [-0.3, -0.25) is 0 Å². The van der Waals surface area contributed by atoms with Gasteiger partial charge in [0.25, 0.3) is 0 Å². The number of hydrogen-bond donors (Lipinski definition) is 0. The van der Waals surface area contributed by atoms with E-state index in [1.165, 1.54) is 22.4 Å². The topological polar surface area (TPSA) is 36.3 Å². The highest BCUT2D eigenvalue weighted by Crippen LogP contribution is 2.50. The summed E-state index contributed by atoms with van der Waals surface area (Å²) >= 11 is 0. The van der Waals surface area contributed by atoms with Crippen molar-refractivity contribution in [2.75, 3.05) is 4.90 Å². The van der Waals surface area contributed by atoms with Crippen molar-refractivity contribution in [2.24, 2.45) is 5.92 Å². The summed E-state index contributed by atoms with van der Waals surface area (Å²) in [4.78, 5) is 2.30. The maximum Gasteiger partial charge on any atom is 0.134 e. The van der Waals surface area contributed by atoms with Gasteiger partial charge in [-0.05, 0) is 48.7 Å². The van der Waals surface area contributed by atoms with Crippen molar-refractivity contribution in [3.8, 4) is 22.9 Å². The molecule has 3 aromatic carbocycles. The molecule has 2 unspecified atom stereocenters. The van der Waals surface area contributed by atoms with E-state index in [2.05, 4.69) is 79.4 Å². The minimum Gasteiger partial charge on any atom is -0.460 e. The van der Waals surface area contributed by atoms with Gasteiger partial charge in [-0.15, -0.1) is 0 Å². The van der Waals surface area contributed by atoms with Crippen molar-refractivity contribution < 1.29 is 4.74 Å². The Morgan fingerprint density at radius 2 is 1.53 bits per heavy atom. The van der Waals surface area contributed by atoms with Gasteiger partial charge in [0.15, 0.2) is 0 Å². The number of benzene rings is 3. The molecule has 0 radical (unpaired) electrons. The third kappa shape index (κ3) is 2.53. The summed E-state index contributed by atoms with van der Waals surface area (Å²) in [5.41, 5.74) is 8.73. The Bertz CT molecular complexity index is 1400. The highest BCUT2D eigenvalue weighted by molar-refractivity contribution is 5.91. The molecule has 0 aromatic heterocycles. The molecule has 0 amide bonds. The van der Waals surface area contributed by atoms with Gasteiger partial charge < -0.3 is 9.64 Å². The average molecular weight is 415 g/mol. The fourth-order valence-corrected chi connectivity index (χ4v) is 5.35. The zero-order valence-corrected chi connectivity index (χ0v) is 18.0. The Morgan fingerprint density at radius 1 is 0.844 bits per heavy atom. The second-order valence-corrected chi connectivity index (χ2v) is 8.52. The van der Waals surface area contributed by atoms with Gasteiger partial charge in [0.1, 0.15) is 17.6 Å². The summed E-state index contributed by atoms with van der Waals surface area (Å²) in [5.74, 6) is 1.96. The van der Waals surface area contributed by atoms with Crippen molar-refractivity contribution >= 4 is 11.3 Å². The van der Waals surface area contributed by atoms with Gasteiger partial charge in [0, 0.05) is 16.8 Å². The molecule has 0 saturated heterocycles. The summed E-state index contributed by atoms with van der Waals surface area (Å²) in [6, 6.07) is 27.1. The number of rotatable bonds is 1. The van der Waals surface area contributed by atoms with Crippen LogP contribution in [0.5, 0.6) is 5.75 Å². The van der Waals surface area contributed by atoms with Gasteiger partial charge in [-0.1, -0.05) is 66.7 Å². The van der Waals surface area contributed by atoms with E-state index in [0.717, 1.165) is 28.3 Å². The van der Waals surface area contributed by atoms with E-state index in [-0.39, 0.29) is 12.0 Å². The van der Waals surface area contributed by atoms with Gasteiger partial charge in [-0.25, -0.2) is 0 Å². The SMILES string of the molecule is CC1=C(C)N(c2ccccc2C#N)C2C=CC3=C(Oc4ccccc4-c4ccccc43)C12. The van der Waals surface area contributed by atoms with E-state index in [4.69, 9.17) is 4.74 Å². The second-order valence-electron chi connectivity index (χ2n) is 8.52. The maximum absolute atomic E-state index is 9.73. The van der Waals surface area contributed by atoms with E-state index in [1.807, 2.05) is 30.3 Å². The summed E-state index contributed by atoms with van der Waals surface area (Å²) in [7, 11) is 0. The van der Waals surface area contributed by atoms with Crippen LogP contribution in [0.2, 0.25) is 0 Å². The van der Waals surface area contributed by atoms with Crippen LogP contribution < -0.4 is 9.64 Å². The zero-order valence-electron chi connectivity index (χ0n) is 18.0. The third-order valence-electron chi connectivity index (χ3n) is 6.94. The van der Waals surface area contributed by atoms with Crippen LogP contribution in [-0.2, 0) is 0 Å². The van der Waals surface area contributed by atoms with Crippen LogP contribution in [0.15, 0.2) is 102 Å². The number of fused-ring (bicyclic) bond motifs is 6. The van der Waals surface area contributed by atoms with Crippen LogP contribution in [-0.4, -0.2) is 6.04 Å². The molecule has 32 heavy (non-hydrogen) atoms. The summed E-state index contributed by atoms with van der Waals surface area (Å²) in [6.45, 7) is 4.34. The number of ether oxygens (including phenoxy) is 1. The van der Waals surface area contributed by atoms with Crippen molar-refractivity contribution in [3.63, 3.8) is 0 Å². The first-order valence-electron chi connectivity index (χ1n) is 10.9. The molecule has 154 valence electrons. The predicted molar refractivity (Wildman–Crippen MR) is 128 cm³/mol. The van der Waals surface area contributed by atoms with Crippen LogP contribution in [0.25, 0.3) is 16.7 Å². The summed E-state index contributed by atoms with van der Waals surface area (Å²) in [5, 5.41) is 9.73. The van der Waals surface area contributed by atoms with Crippen molar-refractivity contribution in [2.45, 2.75) is 19.9 Å². The number of para-hydroxylation sites is 2. The predicted octanol–water partition coefficient (Wildman–Crippen LogP) is 6.70. The zero-order chi connectivity index (χ0) is 21.8. The molecule has 3 heteroatoms. The molecule has 0 bridgehead atoms. The van der Waals surface area contributed by atoms with Gasteiger partial charge in [0.05, 0.1) is 23.2 Å². The molecule has 3 nitrogen and oxygen atoms in total. The Hall–Kier alpha value is -4.03. The van der Waals surface area contributed by atoms with E-state index in [1.54, 1.807) is 0 Å². The average Bonchev–Trinajstić information content (AvgIpc) is 3.00. The number of nitriles is 1. The Balaban J connectivity index is 1.55. The first-order valence-corrected chi connectivity index (χ1v) is 10.9. The Kier molecular flexibility index (Phi) is 4.10. The molecule has 2 heterocycles. The Morgan fingerprint density at radius 3 is 2.34 bits per heavy atom. The first-order chi connectivity index (χ1) is 15.7. The van der Waals surface area contributed by atoms with Crippen LogP contribution in [0.4, 0.5) is 5.69 Å². The first kappa shape index (κ1) is 18.7. The Labute approximate surface area is 188 Å². The fourth-order valence-electron chi connectivity index (χ4n) is 5.35. The number of nitrogens with zero attached hydrogens (tertiary/aromatic N) is 2. The molecular formula is C29H22N2O. The van der Waals surface area contributed by atoms with Gasteiger partial charge in [0.2, 0.25) is 0 Å². The van der Waals surface area contributed by atoms with E-state index < -0.39 is 0 Å². The molecule has 0 spiro atoms. The lowest BCUT2D eigenvalue weighted by Gasteiger charge is -2.34. The molecule has 0 N–H and O–H groups in total. The molecule has 0 fully saturated rings. The van der Waals surface area contributed by atoms with E-state index >= 15 is 0 Å². The van der Waals surface area contributed by atoms with E-state index in [9.17, 15) is 5.26 Å². The number of anilines is 1. The van der Waals surface area contributed by atoms with Crippen molar-refractivity contribution in [3.05, 3.63) is 113 Å². The van der Waals surface area contributed by atoms with Crippen LogP contribution in [0, 0.1) is 17.2 Å². The van der Waals surface area contributed by atoms with Gasteiger partial charge >= 0.3 is 0 Å². The van der Waals surface area contributed by atoms with E-state index in [0.29, 0.717) is 5.56 Å². The van der Waals surface area contributed by atoms with Crippen LogP contribution in [0.3, 0.4) is 0 Å². The van der Waals surface area contributed by atoms with Crippen molar-refractivity contribution in [1.29, 1.82) is 5.26 Å². The third-order valence-corrected chi connectivity index (χ3v) is 6.94. The molecule has 0 saturated carbocycles. The number of allylic oxidation sites excluding steroid dienone is 3. The molecule has 3 aliphatic rings. The van der Waals surface area contributed by atoms with Crippen LogP contribution in [0.1, 0.15) is 25.0 Å². The molecule has 3 aromatic rings. The molecule has 2 atom stereocenters. The largest absolute Gasteiger partial charge is 0.460 e. The lowest BCUT2D eigenvalue weighted by molar-refractivity contribution is 0.362. The summed E-state index contributed by atoms with van der Waals surface area (Å²) in [6.07, 6.45) is 4.48. The smallest absolute Gasteiger partial charge is 0.134 e. The fraction of sp³-hybridized carbons (Fsp3) is 0.138. The highest BCUT2D eigenvalue weighted by atomic mass is 16.5. The molecule has 2 aliphatic heterocycles. The minimum atomic E-state index is 0.0701. The number of hydrogen-bond acceptors (Lipinski definition) is 3. The standard InChI is InChI=1S/C29H22N2O/c1-18-19(2)31(25-13-7-3-9-20(25)17-30)26-16-15-24-22-11-5-4-10-21(22)23-12-6-8-14-27(23)32-29(24)28(18)26/h3-16,26,28H,1-2H3. The van der Waals surface area contributed by atoms with Crippen LogP contribution >= 0.6 is 0 Å².